The van der Waals surface area contributed by atoms with Crippen LogP contribution in [-0.4, -0.2) is 62.6 Å². The molecule has 6 heteroatoms. The first-order chi connectivity index (χ1) is 14.1. The molecule has 1 heterocycles. The molecule has 0 saturated carbocycles. The fourth-order valence-electron chi connectivity index (χ4n) is 3.54. The van der Waals surface area contributed by atoms with Gasteiger partial charge in [0, 0.05) is 49.0 Å². The van der Waals surface area contributed by atoms with Gasteiger partial charge in [0.2, 0.25) is 0 Å². The Bertz CT molecular complexity index is 806. The Kier molecular flexibility index (Phi) is 7.81. The maximum absolute atomic E-state index is 10.5. The summed E-state index contributed by atoms with van der Waals surface area (Å²) in [5, 5.41) is 11.2. The van der Waals surface area contributed by atoms with Crippen LogP contribution in [0, 0.1) is 0 Å². The highest BCUT2D eigenvalue weighted by Gasteiger charge is 2.20. The Morgan fingerprint density at radius 3 is 2.66 bits per heavy atom. The van der Waals surface area contributed by atoms with Crippen LogP contribution in [0.25, 0.3) is 0 Å². The summed E-state index contributed by atoms with van der Waals surface area (Å²) in [7, 11) is 1.64. The molecule has 156 valence electrons. The van der Waals surface area contributed by atoms with Gasteiger partial charge in [-0.15, -0.1) is 6.58 Å². The lowest BCUT2D eigenvalue weighted by Crippen LogP contribution is -2.49. The lowest BCUT2D eigenvalue weighted by molar-refractivity contribution is 0.0660. The molecule has 0 radical (unpaired) electrons. The summed E-state index contributed by atoms with van der Waals surface area (Å²) in [6, 6.07) is 13.6. The van der Waals surface area contributed by atoms with Crippen LogP contribution in [0.4, 0.5) is 5.69 Å². The van der Waals surface area contributed by atoms with E-state index in [0.29, 0.717) is 13.0 Å². The summed E-state index contributed by atoms with van der Waals surface area (Å²) in [5.74, 6) is 1.54. The zero-order chi connectivity index (χ0) is 20.6. The summed E-state index contributed by atoms with van der Waals surface area (Å²) in [6.07, 6.45) is 1.97. The van der Waals surface area contributed by atoms with Crippen molar-refractivity contribution in [2.75, 3.05) is 51.3 Å². The molecule has 1 saturated heterocycles. The van der Waals surface area contributed by atoms with Gasteiger partial charge in [0.1, 0.15) is 24.2 Å². The second kappa shape index (κ2) is 10.5. The highest BCUT2D eigenvalue weighted by atomic mass is 35.5. The standard InChI is InChI=1S/C23H29ClN2O3/c1-3-5-18-14-22(28-2)8-9-23(18)29-17-21(27)16-25-10-12-26(13-11-25)20-7-4-6-19(24)15-20/h3-4,6-9,14-15,21,27H,1,5,10-13,16-17H2,2H3. The van der Waals surface area contributed by atoms with E-state index in [1.54, 1.807) is 7.11 Å². The molecule has 1 aliphatic rings. The maximum atomic E-state index is 10.5. The first-order valence-corrected chi connectivity index (χ1v) is 10.3. The SMILES string of the molecule is C=CCc1cc(OC)ccc1OCC(O)CN1CCN(c2cccc(Cl)c2)CC1. The number of methoxy groups -OCH3 is 1. The predicted molar refractivity (Wildman–Crippen MR) is 119 cm³/mol. The fraction of sp³-hybridized carbons (Fsp3) is 0.391. The minimum absolute atomic E-state index is 0.255. The number of halogens is 1. The van der Waals surface area contributed by atoms with E-state index in [9.17, 15) is 5.11 Å². The number of hydrogen-bond donors (Lipinski definition) is 1. The number of rotatable bonds is 9. The number of benzene rings is 2. The fourth-order valence-corrected chi connectivity index (χ4v) is 3.72. The van der Waals surface area contributed by atoms with Gasteiger partial charge in [-0.05, 0) is 42.8 Å². The van der Waals surface area contributed by atoms with E-state index >= 15 is 0 Å². The molecule has 1 N–H and O–H groups in total. The lowest BCUT2D eigenvalue weighted by Gasteiger charge is -2.37. The van der Waals surface area contributed by atoms with Crippen LogP contribution in [0.5, 0.6) is 11.5 Å². The smallest absolute Gasteiger partial charge is 0.123 e. The number of anilines is 1. The molecule has 3 rings (SSSR count). The van der Waals surface area contributed by atoms with E-state index in [-0.39, 0.29) is 6.61 Å². The van der Waals surface area contributed by atoms with Crippen molar-refractivity contribution in [2.45, 2.75) is 12.5 Å². The number of allylic oxidation sites excluding steroid dienone is 1. The number of aliphatic hydroxyl groups excluding tert-OH is 1. The Labute approximate surface area is 178 Å². The van der Waals surface area contributed by atoms with Gasteiger partial charge < -0.3 is 19.5 Å². The minimum atomic E-state index is -0.550. The average Bonchev–Trinajstić information content (AvgIpc) is 2.73. The van der Waals surface area contributed by atoms with Crippen LogP contribution < -0.4 is 14.4 Å². The van der Waals surface area contributed by atoms with Crippen LogP contribution in [0.2, 0.25) is 5.02 Å². The van der Waals surface area contributed by atoms with Crippen molar-refractivity contribution in [2.24, 2.45) is 0 Å². The highest BCUT2D eigenvalue weighted by Crippen LogP contribution is 2.25. The molecular weight excluding hydrogens is 388 g/mol. The third kappa shape index (κ3) is 6.13. The van der Waals surface area contributed by atoms with Crippen LogP contribution in [0.1, 0.15) is 5.56 Å². The molecule has 29 heavy (non-hydrogen) atoms. The van der Waals surface area contributed by atoms with Gasteiger partial charge in [0.05, 0.1) is 7.11 Å². The molecular formula is C23H29ClN2O3. The first-order valence-electron chi connectivity index (χ1n) is 9.90. The van der Waals surface area contributed by atoms with Crippen molar-refractivity contribution in [3.63, 3.8) is 0 Å². The van der Waals surface area contributed by atoms with E-state index in [4.69, 9.17) is 21.1 Å². The molecule has 0 amide bonds. The third-order valence-corrected chi connectivity index (χ3v) is 5.31. The molecule has 2 aromatic carbocycles. The molecule has 0 spiro atoms. The van der Waals surface area contributed by atoms with Crippen molar-refractivity contribution in [1.82, 2.24) is 4.90 Å². The summed E-state index contributed by atoms with van der Waals surface area (Å²) in [5.41, 5.74) is 2.15. The summed E-state index contributed by atoms with van der Waals surface area (Å²) < 4.78 is 11.2. The van der Waals surface area contributed by atoms with E-state index in [2.05, 4.69) is 22.4 Å². The van der Waals surface area contributed by atoms with Crippen molar-refractivity contribution >= 4 is 17.3 Å². The summed E-state index contributed by atoms with van der Waals surface area (Å²) in [4.78, 5) is 4.60. The maximum Gasteiger partial charge on any atom is 0.123 e. The molecule has 0 aliphatic carbocycles. The van der Waals surface area contributed by atoms with E-state index in [1.165, 1.54) is 0 Å². The van der Waals surface area contributed by atoms with E-state index in [0.717, 1.165) is 54.0 Å². The number of nitrogens with zero attached hydrogens (tertiary/aromatic N) is 2. The zero-order valence-electron chi connectivity index (χ0n) is 16.9. The summed E-state index contributed by atoms with van der Waals surface area (Å²) in [6.45, 7) is 8.26. The monoisotopic (exact) mass is 416 g/mol. The number of aliphatic hydroxyl groups is 1. The molecule has 1 unspecified atom stereocenters. The normalized spacial score (nSPS) is 15.8. The largest absolute Gasteiger partial charge is 0.497 e. The van der Waals surface area contributed by atoms with Crippen LogP contribution in [0.15, 0.2) is 55.1 Å². The molecule has 5 nitrogen and oxygen atoms in total. The van der Waals surface area contributed by atoms with Crippen LogP contribution in [-0.2, 0) is 6.42 Å². The topological polar surface area (TPSA) is 45.2 Å². The van der Waals surface area contributed by atoms with Crippen LogP contribution >= 0.6 is 11.6 Å². The van der Waals surface area contributed by atoms with Crippen LogP contribution in [0.3, 0.4) is 0 Å². The molecule has 1 atom stereocenters. The van der Waals surface area contributed by atoms with Gasteiger partial charge in [0.15, 0.2) is 0 Å². The molecule has 1 fully saturated rings. The number of hydrogen-bond acceptors (Lipinski definition) is 5. The van der Waals surface area contributed by atoms with Crippen molar-refractivity contribution in [1.29, 1.82) is 0 Å². The van der Waals surface area contributed by atoms with Gasteiger partial charge in [-0.3, -0.25) is 4.90 Å². The predicted octanol–water partition coefficient (Wildman–Crippen LogP) is 3.64. The van der Waals surface area contributed by atoms with Gasteiger partial charge in [-0.25, -0.2) is 0 Å². The summed E-state index contributed by atoms with van der Waals surface area (Å²) >= 11 is 6.10. The minimum Gasteiger partial charge on any atom is -0.497 e. The first kappa shape index (κ1) is 21.5. The Morgan fingerprint density at radius 1 is 1.17 bits per heavy atom. The molecule has 0 bridgehead atoms. The molecule has 0 aromatic heterocycles. The van der Waals surface area contributed by atoms with E-state index < -0.39 is 6.10 Å². The molecule has 1 aliphatic heterocycles. The highest BCUT2D eigenvalue weighted by molar-refractivity contribution is 6.30. The Balaban J connectivity index is 1.47. The zero-order valence-corrected chi connectivity index (χ0v) is 17.6. The lowest BCUT2D eigenvalue weighted by atomic mass is 10.1. The van der Waals surface area contributed by atoms with Crippen molar-refractivity contribution < 1.29 is 14.6 Å². The van der Waals surface area contributed by atoms with Gasteiger partial charge in [0.25, 0.3) is 0 Å². The van der Waals surface area contributed by atoms with E-state index in [1.807, 2.05) is 42.5 Å². The molecule has 2 aromatic rings. The Hall–Kier alpha value is -2.21. The van der Waals surface area contributed by atoms with Gasteiger partial charge in [-0.1, -0.05) is 23.7 Å². The number of ether oxygens (including phenoxy) is 2. The van der Waals surface area contributed by atoms with Crippen molar-refractivity contribution in [3.05, 3.63) is 65.7 Å². The third-order valence-electron chi connectivity index (χ3n) is 5.08. The number of β-amino-alcohol motifs (C(OH)–C–C–N with tert-alkyl or cyclic N) is 1. The second-order valence-electron chi connectivity index (χ2n) is 7.20. The van der Waals surface area contributed by atoms with Crippen molar-refractivity contribution in [3.8, 4) is 11.5 Å². The second-order valence-corrected chi connectivity index (χ2v) is 7.64. The Morgan fingerprint density at radius 2 is 1.97 bits per heavy atom. The quantitative estimate of drug-likeness (QED) is 0.632. The number of piperazine rings is 1. The van der Waals surface area contributed by atoms with Gasteiger partial charge >= 0.3 is 0 Å². The average molecular weight is 417 g/mol. The van der Waals surface area contributed by atoms with Gasteiger partial charge in [-0.2, -0.15) is 0 Å².